The van der Waals surface area contributed by atoms with Crippen LogP contribution in [0.4, 0.5) is 27.6 Å². The molecule has 0 bridgehead atoms. The van der Waals surface area contributed by atoms with Crippen LogP contribution < -0.4 is 14.8 Å². The molecular formula is C18H14F5N3O4S. The zero-order valence-electron chi connectivity index (χ0n) is 15.5. The molecule has 2 aromatic carbocycles. The Kier molecular flexibility index (Phi) is 7.53. The first-order valence-electron chi connectivity index (χ1n) is 8.39. The van der Waals surface area contributed by atoms with Crippen LogP contribution in [0.2, 0.25) is 0 Å². The van der Waals surface area contributed by atoms with Gasteiger partial charge in [-0.15, -0.1) is 0 Å². The van der Waals surface area contributed by atoms with Gasteiger partial charge in [0, 0.05) is 18.7 Å². The summed E-state index contributed by atoms with van der Waals surface area (Å²) in [4.78, 5) is 11.4. The van der Waals surface area contributed by atoms with E-state index in [1.165, 1.54) is 6.07 Å². The molecular weight excluding hydrogens is 449 g/mol. The minimum absolute atomic E-state index is 0.0735. The van der Waals surface area contributed by atoms with Gasteiger partial charge in [0.25, 0.3) is 0 Å². The fourth-order valence-electron chi connectivity index (χ4n) is 2.23. The van der Waals surface area contributed by atoms with Gasteiger partial charge < -0.3 is 10.1 Å². The van der Waals surface area contributed by atoms with Gasteiger partial charge in [0.15, 0.2) is 18.2 Å². The number of rotatable bonds is 8. The normalized spacial score (nSPS) is 11.6. The number of nitrogens with zero attached hydrogens (tertiary/aromatic N) is 1. The lowest BCUT2D eigenvalue weighted by molar-refractivity contribution is -0.153. The van der Waals surface area contributed by atoms with Crippen molar-refractivity contribution in [2.75, 3.05) is 18.5 Å². The zero-order valence-corrected chi connectivity index (χ0v) is 16.3. The molecule has 0 saturated carbocycles. The van der Waals surface area contributed by atoms with Crippen molar-refractivity contribution in [3.63, 3.8) is 0 Å². The molecule has 2 aromatic rings. The molecule has 166 valence electrons. The van der Waals surface area contributed by atoms with E-state index in [1.54, 1.807) is 6.07 Å². The molecule has 0 unspecified atom stereocenters. The predicted octanol–water partition coefficient (Wildman–Crippen LogP) is 3.08. The van der Waals surface area contributed by atoms with E-state index in [0.717, 1.165) is 18.2 Å². The largest absolute Gasteiger partial charge is 0.483 e. The number of halogens is 5. The standard InChI is InChI=1S/C18H14F5N3O4S/c19-14-3-2-13(8-15(14)20)31(28,29)25-6-5-17(27)26-12-1-4-16(11(7-12)9-24)30-10-18(21,22)23/h1-4,7-8,25H,5-6,10H2,(H,26,27). The fraction of sp³-hybridized carbons (Fsp3) is 0.222. The molecule has 1 amide bonds. The number of hydrogen-bond donors (Lipinski definition) is 2. The highest BCUT2D eigenvalue weighted by Crippen LogP contribution is 2.25. The Bertz CT molecular complexity index is 1110. The van der Waals surface area contributed by atoms with Crippen LogP contribution in [0.25, 0.3) is 0 Å². The van der Waals surface area contributed by atoms with Gasteiger partial charge in [-0.3, -0.25) is 4.79 Å². The van der Waals surface area contributed by atoms with Crippen LogP contribution in [-0.2, 0) is 14.8 Å². The number of amides is 1. The maximum Gasteiger partial charge on any atom is 0.422 e. The van der Waals surface area contributed by atoms with Crippen molar-refractivity contribution in [3.8, 4) is 11.8 Å². The number of alkyl halides is 3. The lowest BCUT2D eigenvalue weighted by atomic mass is 10.2. The third kappa shape index (κ3) is 7.19. The number of nitriles is 1. The Morgan fingerprint density at radius 1 is 1.10 bits per heavy atom. The molecule has 0 radical (unpaired) electrons. The predicted molar refractivity (Wildman–Crippen MR) is 97.5 cm³/mol. The molecule has 0 atom stereocenters. The van der Waals surface area contributed by atoms with Gasteiger partial charge in [0.1, 0.15) is 11.8 Å². The first-order chi connectivity index (χ1) is 14.4. The van der Waals surface area contributed by atoms with Crippen molar-refractivity contribution in [1.82, 2.24) is 4.72 Å². The first kappa shape index (κ1) is 24.0. The number of benzene rings is 2. The molecule has 0 aromatic heterocycles. The second-order valence-electron chi connectivity index (χ2n) is 6.00. The van der Waals surface area contributed by atoms with Gasteiger partial charge in [-0.1, -0.05) is 0 Å². The van der Waals surface area contributed by atoms with Gasteiger partial charge in [-0.2, -0.15) is 18.4 Å². The Hall–Kier alpha value is -3.24. The average molecular weight is 463 g/mol. The molecule has 2 rings (SSSR count). The van der Waals surface area contributed by atoms with E-state index < -0.39 is 45.2 Å². The lowest BCUT2D eigenvalue weighted by Gasteiger charge is -2.12. The van der Waals surface area contributed by atoms with Crippen molar-refractivity contribution in [3.05, 3.63) is 53.6 Å². The van der Waals surface area contributed by atoms with Crippen LogP contribution in [0.3, 0.4) is 0 Å². The van der Waals surface area contributed by atoms with E-state index in [1.807, 2.05) is 4.72 Å². The molecule has 0 fully saturated rings. The van der Waals surface area contributed by atoms with Crippen LogP contribution >= 0.6 is 0 Å². The summed E-state index contributed by atoms with van der Waals surface area (Å²) in [6.45, 7) is -1.98. The molecule has 0 aliphatic heterocycles. The third-order valence-corrected chi connectivity index (χ3v) is 5.08. The van der Waals surface area contributed by atoms with E-state index in [0.29, 0.717) is 12.1 Å². The van der Waals surface area contributed by atoms with Crippen LogP contribution in [-0.4, -0.2) is 33.7 Å². The molecule has 7 nitrogen and oxygen atoms in total. The summed E-state index contributed by atoms with van der Waals surface area (Å²) in [5, 5.41) is 11.4. The smallest absolute Gasteiger partial charge is 0.422 e. The Balaban J connectivity index is 1.93. The maximum atomic E-state index is 13.2. The number of anilines is 1. The van der Waals surface area contributed by atoms with Crippen molar-refractivity contribution < 1.29 is 39.9 Å². The topological polar surface area (TPSA) is 108 Å². The lowest BCUT2D eigenvalue weighted by Crippen LogP contribution is -2.28. The zero-order chi connectivity index (χ0) is 23.2. The second kappa shape index (κ2) is 9.71. The molecule has 0 spiro atoms. The highest BCUT2D eigenvalue weighted by Gasteiger charge is 2.29. The van der Waals surface area contributed by atoms with E-state index in [2.05, 4.69) is 10.1 Å². The summed E-state index contributed by atoms with van der Waals surface area (Å²) in [6, 6.07) is 7.00. The Labute approximate surface area is 173 Å². The van der Waals surface area contributed by atoms with Gasteiger partial charge in [0.2, 0.25) is 15.9 Å². The third-order valence-electron chi connectivity index (χ3n) is 3.62. The van der Waals surface area contributed by atoms with Gasteiger partial charge in [-0.25, -0.2) is 21.9 Å². The summed E-state index contributed by atoms with van der Waals surface area (Å²) >= 11 is 0. The van der Waals surface area contributed by atoms with Gasteiger partial charge >= 0.3 is 6.18 Å². The summed E-state index contributed by atoms with van der Waals surface area (Å²) in [6.07, 6.45) is -4.95. The fourth-order valence-corrected chi connectivity index (χ4v) is 3.27. The SMILES string of the molecule is N#Cc1cc(NC(=O)CCNS(=O)(=O)c2ccc(F)c(F)c2)ccc1OCC(F)(F)F. The van der Waals surface area contributed by atoms with E-state index in [-0.39, 0.29) is 30.0 Å². The summed E-state index contributed by atoms with van der Waals surface area (Å²) in [7, 11) is -4.19. The van der Waals surface area contributed by atoms with E-state index in [9.17, 15) is 35.2 Å². The number of hydrogen-bond acceptors (Lipinski definition) is 5. The Morgan fingerprint density at radius 3 is 2.42 bits per heavy atom. The number of ether oxygens (including phenoxy) is 1. The first-order valence-corrected chi connectivity index (χ1v) is 9.88. The highest BCUT2D eigenvalue weighted by atomic mass is 32.2. The molecule has 13 heteroatoms. The summed E-state index contributed by atoms with van der Waals surface area (Å²) < 4.78 is 93.4. The summed E-state index contributed by atoms with van der Waals surface area (Å²) in [5.41, 5.74) is -0.175. The van der Waals surface area contributed by atoms with Crippen molar-refractivity contribution in [1.29, 1.82) is 5.26 Å². The van der Waals surface area contributed by atoms with Crippen molar-refractivity contribution in [2.24, 2.45) is 0 Å². The maximum absolute atomic E-state index is 13.2. The molecule has 0 aliphatic rings. The quantitative estimate of drug-likeness (QED) is 0.585. The molecule has 2 N–H and O–H groups in total. The second-order valence-corrected chi connectivity index (χ2v) is 7.77. The van der Waals surface area contributed by atoms with Crippen LogP contribution in [0.5, 0.6) is 5.75 Å². The van der Waals surface area contributed by atoms with Crippen LogP contribution in [0.1, 0.15) is 12.0 Å². The molecule has 0 saturated heterocycles. The van der Waals surface area contributed by atoms with E-state index in [4.69, 9.17) is 5.26 Å². The number of carbonyl (C=O) groups is 1. The molecule has 0 aliphatic carbocycles. The molecule has 0 heterocycles. The monoisotopic (exact) mass is 463 g/mol. The van der Waals surface area contributed by atoms with E-state index >= 15 is 0 Å². The van der Waals surface area contributed by atoms with Crippen molar-refractivity contribution >= 4 is 21.6 Å². The Morgan fingerprint density at radius 2 is 1.81 bits per heavy atom. The van der Waals surface area contributed by atoms with Crippen molar-refractivity contribution in [2.45, 2.75) is 17.5 Å². The molecule has 31 heavy (non-hydrogen) atoms. The average Bonchev–Trinajstić information content (AvgIpc) is 2.68. The van der Waals surface area contributed by atoms with Gasteiger partial charge in [-0.05, 0) is 36.4 Å². The van der Waals surface area contributed by atoms with Gasteiger partial charge in [0.05, 0.1) is 10.5 Å². The number of sulfonamides is 1. The highest BCUT2D eigenvalue weighted by molar-refractivity contribution is 7.89. The minimum atomic E-state index is -4.59. The van der Waals surface area contributed by atoms with Crippen LogP contribution in [0.15, 0.2) is 41.3 Å². The summed E-state index contributed by atoms with van der Waals surface area (Å²) in [5.74, 6) is -3.57. The number of carbonyl (C=O) groups excluding carboxylic acids is 1. The van der Waals surface area contributed by atoms with Crippen LogP contribution in [0, 0.1) is 23.0 Å². The minimum Gasteiger partial charge on any atom is -0.483 e. The number of nitrogens with one attached hydrogen (secondary N) is 2.